The summed E-state index contributed by atoms with van der Waals surface area (Å²) in [5, 5.41) is 11.6. The molecule has 0 spiro atoms. The Labute approximate surface area is 130 Å². The number of hydrogen-bond donors (Lipinski definition) is 2. The zero-order valence-electron chi connectivity index (χ0n) is 11.3. The third-order valence-corrected chi connectivity index (χ3v) is 5.36. The van der Waals surface area contributed by atoms with E-state index in [9.17, 15) is 9.59 Å². The van der Waals surface area contributed by atoms with E-state index in [-0.39, 0.29) is 11.7 Å². The standard InChI is InChI=1S/C14H16BrNO3S/c1-8-6-11(9(2)5-10(8)15)20-7-12(17)16-14(3-4-14)13(18)19/h5-6H,3-4,7H2,1-2H3,(H,16,17)(H,18,19). The van der Waals surface area contributed by atoms with Gasteiger partial charge in [-0.15, -0.1) is 11.8 Å². The molecule has 2 N–H and O–H groups in total. The van der Waals surface area contributed by atoms with Crippen molar-refractivity contribution in [2.24, 2.45) is 0 Å². The summed E-state index contributed by atoms with van der Waals surface area (Å²) in [5.41, 5.74) is 1.21. The quantitative estimate of drug-likeness (QED) is 0.795. The van der Waals surface area contributed by atoms with Crippen molar-refractivity contribution in [2.75, 3.05) is 5.75 Å². The van der Waals surface area contributed by atoms with Crippen LogP contribution in [0.2, 0.25) is 0 Å². The average Bonchev–Trinajstić information content (AvgIpc) is 3.13. The van der Waals surface area contributed by atoms with E-state index in [4.69, 9.17) is 5.11 Å². The second-order valence-electron chi connectivity index (χ2n) is 5.09. The SMILES string of the molecule is Cc1cc(SCC(=O)NC2(C(=O)O)CC2)c(C)cc1Br. The third-order valence-electron chi connectivity index (χ3n) is 3.35. The molecule has 0 aliphatic heterocycles. The van der Waals surface area contributed by atoms with Crippen LogP contribution >= 0.6 is 27.7 Å². The molecule has 0 bridgehead atoms. The number of carbonyl (C=O) groups excluding carboxylic acids is 1. The maximum atomic E-state index is 11.8. The van der Waals surface area contributed by atoms with Crippen LogP contribution in [0.1, 0.15) is 24.0 Å². The summed E-state index contributed by atoms with van der Waals surface area (Å²) in [4.78, 5) is 23.9. The van der Waals surface area contributed by atoms with Crippen LogP contribution in [-0.2, 0) is 9.59 Å². The Balaban J connectivity index is 1.94. The highest BCUT2D eigenvalue weighted by atomic mass is 79.9. The number of benzene rings is 1. The molecule has 1 aromatic carbocycles. The molecule has 0 atom stereocenters. The first-order chi connectivity index (χ1) is 9.34. The second-order valence-corrected chi connectivity index (χ2v) is 6.96. The number of thioether (sulfide) groups is 1. The van der Waals surface area contributed by atoms with Gasteiger partial charge in [-0.05, 0) is 49.9 Å². The Morgan fingerprint density at radius 2 is 2.00 bits per heavy atom. The zero-order chi connectivity index (χ0) is 14.9. The first-order valence-electron chi connectivity index (χ1n) is 6.28. The van der Waals surface area contributed by atoms with E-state index < -0.39 is 11.5 Å². The predicted octanol–water partition coefficient (Wildman–Crippen LogP) is 2.89. The Morgan fingerprint density at radius 1 is 1.35 bits per heavy atom. The lowest BCUT2D eigenvalue weighted by Gasteiger charge is -2.13. The van der Waals surface area contributed by atoms with Crippen molar-refractivity contribution in [3.8, 4) is 0 Å². The molecule has 0 aromatic heterocycles. The van der Waals surface area contributed by atoms with Gasteiger partial charge in [0.05, 0.1) is 5.75 Å². The van der Waals surface area contributed by atoms with E-state index in [1.54, 1.807) is 0 Å². The number of carboxylic acids is 1. The van der Waals surface area contributed by atoms with Crippen LogP contribution in [0, 0.1) is 13.8 Å². The van der Waals surface area contributed by atoms with E-state index in [0.717, 1.165) is 20.5 Å². The molecule has 20 heavy (non-hydrogen) atoms. The zero-order valence-corrected chi connectivity index (χ0v) is 13.7. The topological polar surface area (TPSA) is 66.4 Å². The number of carbonyl (C=O) groups is 2. The number of hydrogen-bond acceptors (Lipinski definition) is 3. The van der Waals surface area contributed by atoms with Crippen LogP contribution < -0.4 is 5.32 Å². The molecule has 1 amide bonds. The van der Waals surface area contributed by atoms with E-state index in [1.165, 1.54) is 11.8 Å². The van der Waals surface area contributed by atoms with Crippen molar-refractivity contribution in [2.45, 2.75) is 37.1 Å². The number of aryl methyl sites for hydroxylation is 2. The molecule has 1 saturated carbocycles. The highest BCUT2D eigenvalue weighted by Crippen LogP contribution is 2.36. The van der Waals surface area contributed by atoms with Crippen molar-refractivity contribution >= 4 is 39.6 Å². The van der Waals surface area contributed by atoms with Crippen LogP contribution in [0.4, 0.5) is 0 Å². The predicted molar refractivity (Wildman–Crippen MR) is 82.1 cm³/mol. The fourth-order valence-corrected chi connectivity index (χ4v) is 3.24. The normalized spacial score (nSPS) is 15.8. The molecule has 0 saturated heterocycles. The van der Waals surface area contributed by atoms with Gasteiger partial charge in [-0.25, -0.2) is 4.79 Å². The summed E-state index contributed by atoms with van der Waals surface area (Å²) in [6.45, 7) is 3.99. The number of carboxylic acid groups (broad SMARTS) is 1. The van der Waals surface area contributed by atoms with Crippen LogP contribution in [0.5, 0.6) is 0 Å². The lowest BCUT2D eigenvalue weighted by Crippen LogP contribution is -2.43. The highest BCUT2D eigenvalue weighted by Gasteiger charge is 2.51. The molecular weight excluding hydrogens is 342 g/mol. The molecule has 0 heterocycles. The summed E-state index contributed by atoms with van der Waals surface area (Å²) in [7, 11) is 0. The lowest BCUT2D eigenvalue weighted by atomic mass is 10.2. The van der Waals surface area contributed by atoms with E-state index in [2.05, 4.69) is 21.2 Å². The van der Waals surface area contributed by atoms with Crippen LogP contribution in [0.3, 0.4) is 0 Å². The maximum absolute atomic E-state index is 11.8. The minimum absolute atomic E-state index is 0.227. The van der Waals surface area contributed by atoms with Gasteiger partial charge in [0.1, 0.15) is 5.54 Å². The first kappa shape index (κ1) is 15.4. The molecule has 1 aliphatic rings. The number of aliphatic carboxylic acids is 1. The lowest BCUT2D eigenvalue weighted by molar-refractivity contribution is -0.142. The molecule has 1 fully saturated rings. The number of nitrogens with one attached hydrogen (secondary N) is 1. The monoisotopic (exact) mass is 357 g/mol. The molecule has 1 aliphatic carbocycles. The summed E-state index contributed by atoms with van der Waals surface area (Å²) >= 11 is 4.90. The molecule has 6 heteroatoms. The van der Waals surface area contributed by atoms with Crippen molar-refractivity contribution < 1.29 is 14.7 Å². The van der Waals surface area contributed by atoms with E-state index in [1.807, 2.05) is 26.0 Å². The van der Waals surface area contributed by atoms with Gasteiger partial charge in [0, 0.05) is 9.37 Å². The molecule has 1 aromatic rings. The minimum atomic E-state index is -0.998. The van der Waals surface area contributed by atoms with Gasteiger partial charge >= 0.3 is 5.97 Å². The molecule has 2 rings (SSSR count). The Hall–Kier alpha value is -1.01. The Bertz CT molecular complexity index is 570. The van der Waals surface area contributed by atoms with Crippen LogP contribution in [0.25, 0.3) is 0 Å². The number of amides is 1. The van der Waals surface area contributed by atoms with Crippen molar-refractivity contribution in [3.63, 3.8) is 0 Å². The van der Waals surface area contributed by atoms with Crippen LogP contribution in [0.15, 0.2) is 21.5 Å². The van der Waals surface area contributed by atoms with E-state index >= 15 is 0 Å². The van der Waals surface area contributed by atoms with Gasteiger partial charge in [-0.2, -0.15) is 0 Å². The van der Waals surface area contributed by atoms with Gasteiger partial charge in [-0.3, -0.25) is 4.79 Å². The molecule has 4 nitrogen and oxygen atoms in total. The summed E-state index contributed by atoms with van der Waals surface area (Å²) in [5.74, 6) is -0.932. The van der Waals surface area contributed by atoms with Gasteiger partial charge in [0.2, 0.25) is 5.91 Å². The van der Waals surface area contributed by atoms with Crippen molar-refractivity contribution in [1.29, 1.82) is 0 Å². The molecule has 0 unspecified atom stereocenters. The molecule has 108 valence electrons. The van der Waals surface area contributed by atoms with Gasteiger partial charge < -0.3 is 10.4 Å². The Morgan fingerprint density at radius 3 is 2.55 bits per heavy atom. The van der Waals surface area contributed by atoms with Crippen molar-refractivity contribution in [3.05, 3.63) is 27.7 Å². The summed E-state index contributed by atoms with van der Waals surface area (Å²) < 4.78 is 1.05. The highest BCUT2D eigenvalue weighted by molar-refractivity contribution is 9.10. The minimum Gasteiger partial charge on any atom is -0.480 e. The smallest absolute Gasteiger partial charge is 0.329 e. The largest absolute Gasteiger partial charge is 0.480 e. The summed E-state index contributed by atoms with van der Waals surface area (Å²) in [6.07, 6.45) is 1.05. The average molecular weight is 358 g/mol. The van der Waals surface area contributed by atoms with Crippen LogP contribution in [-0.4, -0.2) is 28.3 Å². The summed E-state index contributed by atoms with van der Waals surface area (Å²) in [6, 6.07) is 4.05. The van der Waals surface area contributed by atoms with Crippen molar-refractivity contribution in [1.82, 2.24) is 5.32 Å². The first-order valence-corrected chi connectivity index (χ1v) is 8.06. The third kappa shape index (κ3) is 3.35. The number of halogens is 1. The number of rotatable bonds is 5. The Kier molecular flexibility index (Phi) is 4.44. The van der Waals surface area contributed by atoms with Gasteiger partial charge in [-0.1, -0.05) is 15.9 Å². The van der Waals surface area contributed by atoms with Gasteiger partial charge in [0.15, 0.2) is 0 Å². The molecule has 0 radical (unpaired) electrons. The fourth-order valence-electron chi connectivity index (χ4n) is 1.87. The fraction of sp³-hybridized carbons (Fsp3) is 0.429. The van der Waals surface area contributed by atoms with E-state index in [0.29, 0.717) is 12.8 Å². The van der Waals surface area contributed by atoms with Gasteiger partial charge in [0.25, 0.3) is 0 Å². The maximum Gasteiger partial charge on any atom is 0.329 e. The molecular formula is C14H16BrNO3S. The second kappa shape index (κ2) is 5.77.